The zero-order chi connectivity index (χ0) is 22.4. The third-order valence-electron chi connectivity index (χ3n) is 4.27. The van der Waals surface area contributed by atoms with E-state index in [2.05, 4.69) is 15.6 Å². The number of hydrogen-bond acceptors (Lipinski definition) is 4. The van der Waals surface area contributed by atoms with Crippen molar-refractivity contribution in [3.63, 3.8) is 0 Å². The van der Waals surface area contributed by atoms with Gasteiger partial charge >= 0.3 is 12.0 Å². The normalized spacial score (nSPS) is 11.1. The molecule has 3 aromatic rings. The molecule has 31 heavy (non-hydrogen) atoms. The predicted octanol–water partition coefficient (Wildman–Crippen LogP) is 4.35. The van der Waals surface area contributed by atoms with Crippen molar-refractivity contribution in [2.45, 2.75) is 19.0 Å². The van der Waals surface area contributed by atoms with Crippen molar-refractivity contribution in [2.24, 2.45) is 0 Å². The number of carbonyl (C=O) groups is 2. The molecule has 0 saturated carbocycles. The minimum atomic E-state index is -3.66. The Hall–Kier alpha value is -3.40. The number of halogens is 3. The van der Waals surface area contributed by atoms with Gasteiger partial charge in [-0.15, -0.1) is 11.3 Å². The first-order valence-corrected chi connectivity index (χ1v) is 10.1. The molecule has 162 valence electrons. The van der Waals surface area contributed by atoms with Gasteiger partial charge < -0.3 is 10.2 Å². The van der Waals surface area contributed by atoms with Crippen LogP contribution in [0.15, 0.2) is 60.0 Å². The second kappa shape index (κ2) is 9.61. The molecular weight excluding hydrogens is 429 g/mol. The van der Waals surface area contributed by atoms with Gasteiger partial charge in [0.2, 0.25) is 0 Å². The molecule has 0 aliphatic carbocycles. The van der Waals surface area contributed by atoms with Crippen molar-refractivity contribution in [1.82, 2.24) is 15.2 Å². The first kappa shape index (κ1) is 22.3. The summed E-state index contributed by atoms with van der Waals surface area (Å²) in [5, 5.41) is 6.89. The summed E-state index contributed by atoms with van der Waals surface area (Å²) in [5.74, 6) is -5.42. The SMILES string of the molecule is CN(Cc1csc(NC(=O)NCc2cccc(F)c2)n1)C(=O)C(F)(F)c1ccccc1. The summed E-state index contributed by atoms with van der Waals surface area (Å²) in [6, 6.07) is 12.1. The number of benzene rings is 2. The molecule has 0 unspecified atom stereocenters. The van der Waals surface area contributed by atoms with Crippen LogP contribution < -0.4 is 10.6 Å². The second-order valence-electron chi connectivity index (χ2n) is 6.68. The quantitative estimate of drug-likeness (QED) is 0.564. The Morgan fingerprint density at radius 3 is 2.58 bits per heavy atom. The fourth-order valence-corrected chi connectivity index (χ4v) is 3.43. The lowest BCUT2D eigenvalue weighted by Crippen LogP contribution is -2.39. The summed E-state index contributed by atoms with van der Waals surface area (Å²) in [5.41, 5.74) is 0.557. The molecule has 3 rings (SSSR count). The Balaban J connectivity index is 1.54. The molecule has 0 bridgehead atoms. The lowest BCUT2D eigenvalue weighted by atomic mass is 10.1. The number of amides is 3. The number of rotatable bonds is 7. The molecular formula is C21H19F3N4O2S. The third kappa shape index (κ3) is 5.82. The molecule has 0 aliphatic rings. The van der Waals surface area contributed by atoms with Crippen LogP contribution in [0, 0.1) is 5.82 Å². The average molecular weight is 448 g/mol. The van der Waals surface area contributed by atoms with Crippen molar-refractivity contribution in [3.05, 3.63) is 82.6 Å². The van der Waals surface area contributed by atoms with Gasteiger partial charge in [-0.2, -0.15) is 8.78 Å². The lowest BCUT2D eigenvalue weighted by molar-refractivity contribution is -0.158. The molecule has 0 radical (unpaired) electrons. The fraction of sp³-hybridized carbons (Fsp3) is 0.190. The standard InChI is InChI=1S/C21H19F3N4O2S/c1-28(18(29)21(23,24)15-7-3-2-4-8-15)12-17-13-31-20(26-17)27-19(30)25-11-14-6-5-9-16(22)10-14/h2-10,13H,11-12H2,1H3,(H2,25,26,27,30). The zero-order valence-corrected chi connectivity index (χ0v) is 17.3. The number of thiazole rings is 1. The third-order valence-corrected chi connectivity index (χ3v) is 5.07. The molecule has 1 heterocycles. The number of carbonyl (C=O) groups excluding carboxylic acids is 2. The van der Waals surface area contributed by atoms with E-state index in [1.165, 1.54) is 49.5 Å². The number of alkyl halides is 2. The Kier molecular flexibility index (Phi) is 6.91. The second-order valence-corrected chi connectivity index (χ2v) is 7.54. The highest BCUT2D eigenvalue weighted by Gasteiger charge is 2.42. The number of urea groups is 1. The summed E-state index contributed by atoms with van der Waals surface area (Å²) in [7, 11) is 1.26. The number of nitrogens with zero attached hydrogens (tertiary/aromatic N) is 2. The van der Waals surface area contributed by atoms with Crippen LogP contribution in [0.3, 0.4) is 0 Å². The molecule has 0 fully saturated rings. The summed E-state index contributed by atoms with van der Waals surface area (Å²) in [6.45, 7) is -0.0298. The topological polar surface area (TPSA) is 74.3 Å². The minimum absolute atomic E-state index is 0.119. The van der Waals surface area contributed by atoms with E-state index in [9.17, 15) is 22.8 Å². The van der Waals surface area contributed by atoms with E-state index in [4.69, 9.17) is 0 Å². The predicted molar refractivity (Wildman–Crippen MR) is 111 cm³/mol. The van der Waals surface area contributed by atoms with Crippen LogP contribution in [0.5, 0.6) is 0 Å². The van der Waals surface area contributed by atoms with Gasteiger partial charge in [0.15, 0.2) is 5.13 Å². The van der Waals surface area contributed by atoms with Gasteiger partial charge in [0.05, 0.1) is 12.2 Å². The minimum Gasteiger partial charge on any atom is -0.334 e. The smallest absolute Gasteiger partial charge is 0.334 e. The highest BCUT2D eigenvalue weighted by molar-refractivity contribution is 7.13. The zero-order valence-electron chi connectivity index (χ0n) is 16.4. The van der Waals surface area contributed by atoms with Crippen LogP contribution in [-0.4, -0.2) is 28.9 Å². The largest absolute Gasteiger partial charge is 0.349 e. The van der Waals surface area contributed by atoms with Gasteiger partial charge in [0, 0.05) is 24.5 Å². The lowest BCUT2D eigenvalue weighted by Gasteiger charge is -2.23. The molecule has 10 heteroatoms. The summed E-state index contributed by atoms with van der Waals surface area (Å²) in [4.78, 5) is 29.3. The molecule has 0 spiro atoms. The maximum Gasteiger partial charge on any atom is 0.349 e. The highest BCUT2D eigenvalue weighted by atomic mass is 32.1. The molecule has 6 nitrogen and oxygen atoms in total. The number of hydrogen-bond donors (Lipinski definition) is 2. The van der Waals surface area contributed by atoms with Gasteiger partial charge in [0.1, 0.15) is 5.82 Å². The average Bonchev–Trinajstić information content (AvgIpc) is 3.18. The number of anilines is 1. The summed E-state index contributed by atoms with van der Waals surface area (Å²) in [6.07, 6.45) is 0. The number of likely N-dealkylation sites (N-methyl/N-ethyl adjacent to an activating group) is 1. The van der Waals surface area contributed by atoms with E-state index in [1.807, 2.05) is 0 Å². The van der Waals surface area contributed by atoms with Gasteiger partial charge in [-0.1, -0.05) is 42.5 Å². The molecule has 2 N–H and O–H groups in total. The van der Waals surface area contributed by atoms with Gasteiger partial charge in [0.25, 0.3) is 5.91 Å². The highest BCUT2D eigenvalue weighted by Crippen LogP contribution is 2.30. The molecule has 2 aromatic carbocycles. The Morgan fingerprint density at radius 1 is 1.13 bits per heavy atom. The van der Waals surface area contributed by atoms with E-state index in [0.29, 0.717) is 11.3 Å². The molecule has 0 atom stereocenters. The van der Waals surface area contributed by atoms with Crippen LogP contribution in [0.1, 0.15) is 16.8 Å². The van der Waals surface area contributed by atoms with Crippen molar-refractivity contribution in [2.75, 3.05) is 12.4 Å². The molecule has 3 amide bonds. The number of aromatic nitrogens is 1. The monoisotopic (exact) mass is 448 g/mol. The van der Waals surface area contributed by atoms with E-state index in [-0.39, 0.29) is 23.8 Å². The maximum absolute atomic E-state index is 14.4. The maximum atomic E-state index is 14.4. The van der Waals surface area contributed by atoms with Crippen LogP contribution >= 0.6 is 11.3 Å². The van der Waals surface area contributed by atoms with E-state index >= 15 is 0 Å². The van der Waals surface area contributed by atoms with Crippen LogP contribution in [0.2, 0.25) is 0 Å². The van der Waals surface area contributed by atoms with Crippen molar-refractivity contribution < 1.29 is 22.8 Å². The van der Waals surface area contributed by atoms with E-state index < -0.39 is 23.7 Å². The van der Waals surface area contributed by atoms with Gasteiger partial charge in [-0.3, -0.25) is 10.1 Å². The Bertz CT molecular complexity index is 1060. The summed E-state index contributed by atoms with van der Waals surface area (Å²) >= 11 is 1.09. The Morgan fingerprint density at radius 2 is 1.87 bits per heavy atom. The van der Waals surface area contributed by atoms with Gasteiger partial charge in [-0.05, 0) is 17.7 Å². The first-order valence-electron chi connectivity index (χ1n) is 9.18. The molecule has 0 saturated heterocycles. The van der Waals surface area contributed by atoms with Gasteiger partial charge in [-0.25, -0.2) is 14.2 Å². The first-order chi connectivity index (χ1) is 14.8. The fourth-order valence-electron chi connectivity index (χ4n) is 2.73. The van der Waals surface area contributed by atoms with Crippen molar-refractivity contribution in [1.29, 1.82) is 0 Å². The molecule has 0 aliphatic heterocycles. The summed E-state index contributed by atoms with van der Waals surface area (Å²) < 4.78 is 42.0. The van der Waals surface area contributed by atoms with E-state index in [1.54, 1.807) is 17.5 Å². The number of nitrogens with one attached hydrogen (secondary N) is 2. The molecule has 1 aromatic heterocycles. The van der Waals surface area contributed by atoms with Crippen LogP contribution in [0.4, 0.5) is 23.1 Å². The van der Waals surface area contributed by atoms with Crippen molar-refractivity contribution in [3.8, 4) is 0 Å². The van der Waals surface area contributed by atoms with Crippen molar-refractivity contribution >= 4 is 28.4 Å². The Labute approximate surface area is 180 Å². The van der Waals surface area contributed by atoms with Crippen LogP contribution in [-0.2, 0) is 23.8 Å². The van der Waals surface area contributed by atoms with E-state index in [0.717, 1.165) is 16.2 Å². The van der Waals surface area contributed by atoms with Crippen LogP contribution in [0.25, 0.3) is 0 Å².